The number of guanidine groups is 1. The number of nitrogens with one attached hydrogen (secondary N) is 5. The van der Waals surface area contributed by atoms with E-state index in [1.54, 1.807) is 0 Å². The average molecular weight is 521 g/mol. The third kappa shape index (κ3) is 18.0. The summed E-state index contributed by atoms with van der Waals surface area (Å²) in [5, 5.41) is 12.0. The van der Waals surface area contributed by atoms with Gasteiger partial charge in [0.15, 0.2) is 0 Å². The van der Waals surface area contributed by atoms with Crippen LogP contribution in [0.15, 0.2) is 5.10 Å². The second-order valence-electron chi connectivity index (χ2n) is 8.97. The second kappa shape index (κ2) is 18.3. The Morgan fingerprint density at radius 3 is 1.86 bits per heavy atom. The van der Waals surface area contributed by atoms with Gasteiger partial charge in [0.25, 0.3) is 0 Å². The molecular formula is C21H42ClN9O4. The first kappa shape index (κ1) is 34.1. The van der Waals surface area contributed by atoms with Crippen LogP contribution in [-0.2, 0) is 14.4 Å². The van der Waals surface area contributed by atoms with Gasteiger partial charge in [-0.15, -0.1) is 0 Å². The number of primary amides is 1. The molecular weight excluding hydrogens is 479 g/mol. The number of nitrogens with zero attached hydrogens (tertiary/aromatic N) is 1. The summed E-state index contributed by atoms with van der Waals surface area (Å²) in [7, 11) is 0. The Morgan fingerprint density at radius 1 is 0.886 bits per heavy atom. The molecule has 11 N–H and O–H groups in total. The van der Waals surface area contributed by atoms with Crippen molar-refractivity contribution >= 4 is 35.9 Å². The minimum Gasteiger partial charge on any atom is -1.00 e. The molecule has 5 amide bonds. The molecule has 0 radical (unpaired) electrons. The predicted octanol–water partition coefficient (Wildman–Crippen LogP) is -5.65. The van der Waals surface area contributed by atoms with Gasteiger partial charge in [0, 0.05) is 13.1 Å². The average Bonchev–Trinajstić information content (AvgIpc) is 2.68. The van der Waals surface area contributed by atoms with Crippen LogP contribution in [0.25, 0.3) is 0 Å². The van der Waals surface area contributed by atoms with Crippen LogP contribution in [-0.4, -0.2) is 60.6 Å². The third-order valence-corrected chi connectivity index (χ3v) is 4.52. The zero-order chi connectivity index (χ0) is 26.3. The van der Waals surface area contributed by atoms with Gasteiger partial charge in [-0.3, -0.25) is 30.8 Å². The number of hydrogen-bond donors (Lipinski definition) is 8. The Hall–Kier alpha value is -3.09. The molecule has 202 valence electrons. The van der Waals surface area contributed by atoms with E-state index in [1.807, 2.05) is 27.7 Å². The number of hydrazone groups is 1. The van der Waals surface area contributed by atoms with Gasteiger partial charge in [-0.2, -0.15) is 5.10 Å². The van der Waals surface area contributed by atoms with Gasteiger partial charge < -0.3 is 34.1 Å². The van der Waals surface area contributed by atoms with Crippen molar-refractivity contribution in [3.05, 3.63) is 0 Å². The number of nitrogens with two attached hydrogens (primary N) is 3. The van der Waals surface area contributed by atoms with Gasteiger partial charge in [0.1, 0.15) is 12.1 Å². The highest BCUT2D eigenvalue weighted by atomic mass is 35.5. The lowest BCUT2D eigenvalue weighted by molar-refractivity contribution is -0.459. The summed E-state index contributed by atoms with van der Waals surface area (Å²) in [6, 6.07) is -2.98. The van der Waals surface area contributed by atoms with E-state index in [-0.39, 0.29) is 36.1 Å². The first-order chi connectivity index (χ1) is 15.8. The van der Waals surface area contributed by atoms with Crippen LogP contribution in [0.4, 0.5) is 4.79 Å². The summed E-state index contributed by atoms with van der Waals surface area (Å²) >= 11 is 0. The summed E-state index contributed by atoms with van der Waals surface area (Å²) in [6.45, 7) is 9.55. The van der Waals surface area contributed by atoms with Gasteiger partial charge in [-0.1, -0.05) is 27.7 Å². The maximum absolute atomic E-state index is 13.1. The highest BCUT2D eigenvalue weighted by molar-refractivity contribution is 5.92. The van der Waals surface area contributed by atoms with E-state index in [1.165, 1.54) is 13.1 Å². The summed E-state index contributed by atoms with van der Waals surface area (Å²) in [6.07, 6.45) is 3.19. The Kier molecular flexibility index (Phi) is 17.8. The SMILES string of the molecule is CC(=O)N[C@@H](CC(C)C)C(=O)N[C@@H](CC(C)C)C(=O)N[C@@H](CCC[NH+]=C(N)N)/[13CH]=N/NC(N)=O.[Cl-]. The number of urea groups is 1. The fourth-order valence-electron chi connectivity index (χ4n) is 3.14. The molecule has 0 aliphatic carbocycles. The van der Waals surface area contributed by atoms with Gasteiger partial charge >= 0.3 is 12.0 Å². The number of halogens is 1. The summed E-state index contributed by atoms with van der Waals surface area (Å²) < 4.78 is 0. The van der Waals surface area contributed by atoms with Crippen LogP contribution in [0.3, 0.4) is 0 Å². The molecule has 0 fully saturated rings. The van der Waals surface area contributed by atoms with Crippen molar-refractivity contribution in [1.29, 1.82) is 0 Å². The molecule has 0 heterocycles. The topological polar surface area (TPSA) is 221 Å². The van der Waals surface area contributed by atoms with Crippen molar-refractivity contribution in [2.75, 3.05) is 6.54 Å². The number of rotatable bonds is 15. The van der Waals surface area contributed by atoms with Gasteiger partial charge in [-0.05, 0) is 37.5 Å². The molecule has 0 saturated heterocycles. The molecule has 14 heteroatoms. The third-order valence-electron chi connectivity index (χ3n) is 4.52. The smallest absolute Gasteiger partial charge is 0.338 e. The molecule has 0 spiro atoms. The molecule has 0 saturated carbocycles. The zero-order valence-electron chi connectivity index (χ0n) is 21.2. The molecule has 0 aliphatic rings. The number of carbonyl (C=O) groups excluding carboxylic acids is 4. The van der Waals surface area contributed by atoms with Gasteiger partial charge in [-0.25, -0.2) is 10.2 Å². The van der Waals surface area contributed by atoms with Crippen molar-refractivity contribution in [2.45, 2.75) is 78.4 Å². The fraction of sp³-hybridized carbons (Fsp3) is 0.714. The van der Waals surface area contributed by atoms with E-state index >= 15 is 0 Å². The summed E-state index contributed by atoms with van der Waals surface area (Å²) in [5.74, 6) is -0.819. The monoisotopic (exact) mass is 520 g/mol. The van der Waals surface area contributed by atoms with E-state index in [4.69, 9.17) is 17.2 Å². The van der Waals surface area contributed by atoms with E-state index in [9.17, 15) is 19.2 Å². The summed E-state index contributed by atoms with van der Waals surface area (Å²) in [4.78, 5) is 51.2. The first-order valence-electron chi connectivity index (χ1n) is 11.4. The standard InChI is InChI=1S/C21H41N9O4.ClH/c1-12(2)9-16(27-14(5)31)19(33)29-17(10-13(3)4)18(32)28-15(11-26-30-21(24)34)7-6-8-25-20(22)23;/h11-13,15-17H,6-10H2,1-5H3,(H,27,31)(H,28,32)(H,29,33)(H4,22,23,25)(H3,24,30,34);1H/b26-11+;/t15-,16-,17-;/m0./s1/i11+1;. The molecule has 35 heavy (non-hydrogen) atoms. The van der Waals surface area contributed by atoms with Crippen LogP contribution in [0.2, 0.25) is 0 Å². The molecule has 0 unspecified atom stereocenters. The zero-order valence-corrected chi connectivity index (χ0v) is 21.9. The Balaban J connectivity index is 0. The Morgan fingerprint density at radius 2 is 1.40 bits per heavy atom. The lowest BCUT2D eigenvalue weighted by Gasteiger charge is -2.26. The minimum atomic E-state index is -0.840. The highest BCUT2D eigenvalue weighted by Gasteiger charge is 2.28. The molecule has 0 aromatic rings. The van der Waals surface area contributed by atoms with Crippen LogP contribution in [0, 0.1) is 11.8 Å². The molecule has 0 aromatic heterocycles. The van der Waals surface area contributed by atoms with E-state index in [0.29, 0.717) is 32.2 Å². The van der Waals surface area contributed by atoms with Crippen LogP contribution < -0.4 is 56.0 Å². The number of carbonyl (C=O) groups is 4. The maximum atomic E-state index is 13.1. The van der Waals surface area contributed by atoms with Gasteiger partial charge in [0.05, 0.1) is 12.6 Å². The largest absolute Gasteiger partial charge is 1.00 e. The molecule has 13 nitrogen and oxygen atoms in total. The lowest BCUT2D eigenvalue weighted by Crippen LogP contribution is -3.00. The molecule has 0 aliphatic heterocycles. The minimum absolute atomic E-state index is 0. The Bertz CT molecular complexity index is 740. The van der Waals surface area contributed by atoms with Crippen LogP contribution in [0.5, 0.6) is 0 Å². The predicted molar refractivity (Wildman–Crippen MR) is 130 cm³/mol. The van der Waals surface area contributed by atoms with Crippen molar-refractivity contribution in [3.8, 4) is 0 Å². The normalized spacial score (nSPS) is 13.3. The second-order valence-corrected chi connectivity index (χ2v) is 8.97. The molecule has 3 atom stereocenters. The van der Waals surface area contributed by atoms with Gasteiger partial charge in [0.2, 0.25) is 17.7 Å². The van der Waals surface area contributed by atoms with Crippen LogP contribution >= 0.6 is 0 Å². The van der Waals surface area contributed by atoms with E-state index < -0.39 is 36.0 Å². The van der Waals surface area contributed by atoms with Crippen molar-refractivity contribution in [3.63, 3.8) is 0 Å². The van der Waals surface area contributed by atoms with E-state index in [0.717, 1.165) is 0 Å². The lowest BCUT2D eigenvalue weighted by atomic mass is 10.00. The van der Waals surface area contributed by atoms with Crippen molar-refractivity contribution in [1.82, 2.24) is 21.4 Å². The number of amides is 5. The molecule has 0 aromatic carbocycles. The quantitative estimate of drug-likeness (QED) is 0.0345. The maximum Gasteiger partial charge on any atom is 0.338 e. The molecule has 0 rings (SSSR count). The summed E-state index contributed by atoms with van der Waals surface area (Å²) in [5.41, 5.74) is 17.9. The number of hydrogen-bond acceptors (Lipinski definition) is 5. The Labute approximate surface area is 213 Å². The van der Waals surface area contributed by atoms with Crippen molar-refractivity contribution in [2.24, 2.45) is 34.1 Å². The highest BCUT2D eigenvalue weighted by Crippen LogP contribution is 2.09. The first-order valence-corrected chi connectivity index (χ1v) is 11.4. The van der Waals surface area contributed by atoms with E-state index in [2.05, 4.69) is 31.5 Å². The van der Waals surface area contributed by atoms with Crippen molar-refractivity contribution < 1.29 is 36.6 Å². The fourth-order valence-corrected chi connectivity index (χ4v) is 3.14. The van der Waals surface area contributed by atoms with Crippen LogP contribution in [0.1, 0.15) is 60.3 Å². The molecule has 0 bridgehead atoms.